The molecule has 0 unspecified atom stereocenters. The van der Waals surface area contributed by atoms with E-state index in [-0.39, 0.29) is 27.7 Å². The van der Waals surface area contributed by atoms with Gasteiger partial charge in [0.1, 0.15) is 10.7 Å². The van der Waals surface area contributed by atoms with Crippen LogP contribution < -0.4 is 10.0 Å². The number of sulfonamides is 1. The monoisotopic (exact) mass is 382 g/mol. The fourth-order valence-corrected chi connectivity index (χ4v) is 3.49. The molecule has 0 bridgehead atoms. The summed E-state index contributed by atoms with van der Waals surface area (Å²) in [5.74, 6) is -1.04. The van der Waals surface area contributed by atoms with Crippen LogP contribution in [-0.4, -0.2) is 20.9 Å². The summed E-state index contributed by atoms with van der Waals surface area (Å²) in [7, 11) is -3.89. The lowest BCUT2D eigenvalue weighted by atomic mass is 10.2. The lowest BCUT2D eigenvalue weighted by molar-refractivity contribution is 0.102. The molecule has 0 heterocycles. The quantitative estimate of drug-likeness (QED) is 0.751. The molecule has 1 amide bonds. The molecule has 2 rings (SSSR count). The van der Waals surface area contributed by atoms with E-state index in [1.165, 1.54) is 30.3 Å². The Morgan fingerprint density at radius 3 is 2.64 bits per heavy atom. The highest BCUT2D eigenvalue weighted by Crippen LogP contribution is 2.23. The Labute approximate surface area is 150 Å². The fourth-order valence-electron chi connectivity index (χ4n) is 1.97. The van der Waals surface area contributed by atoms with Crippen LogP contribution in [0, 0.1) is 12.7 Å². The molecule has 2 aromatic rings. The van der Waals surface area contributed by atoms with Gasteiger partial charge in [0, 0.05) is 17.8 Å². The highest BCUT2D eigenvalue weighted by molar-refractivity contribution is 7.89. The average Bonchev–Trinajstić information content (AvgIpc) is 2.56. The largest absolute Gasteiger partial charge is 0.322 e. The number of benzene rings is 2. The molecule has 0 saturated heterocycles. The first kappa shape index (κ1) is 19.1. The third-order valence-electron chi connectivity index (χ3n) is 3.33. The van der Waals surface area contributed by atoms with Crippen LogP contribution in [0.5, 0.6) is 0 Å². The zero-order valence-electron chi connectivity index (χ0n) is 13.3. The van der Waals surface area contributed by atoms with E-state index in [0.29, 0.717) is 5.56 Å². The lowest BCUT2D eigenvalue weighted by Crippen LogP contribution is -2.24. The third-order valence-corrected chi connectivity index (χ3v) is 5.24. The summed E-state index contributed by atoms with van der Waals surface area (Å²) >= 11 is 5.94. The number of anilines is 1. The highest BCUT2D eigenvalue weighted by atomic mass is 35.5. The Morgan fingerprint density at radius 2 is 2.00 bits per heavy atom. The minimum Gasteiger partial charge on any atom is -0.322 e. The first-order valence-corrected chi connectivity index (χ1v) is 9.08. The first-order chi connectivity index (χ1) is 11.7. The molecule has 2 N–H and O–H groups in total. The van der Waals surface area contributed by atoms with Gasteiger partial charge in [0.2, 0.25) is 10.0 Å². The summed E-state index contributed by atoms with van der Waals surface area (Å²) < 4.78 is 40.2. The molecule has 0 spiro atoms. The van der Waals surface area contributed by atoms with E-state index in [1.54, 1.807) is 13.0 Å². The van der Waals surface area contributed by atoms with E-state index >= 15 is 0 Å². The Bertz CT molecular complexity index is 929. The molecule has 0 aliphatic rings. The molecule has 0 atom stereocenters. The maximum Gasteiger partial charge on any atom is 0.255 e. The normalized spacial score (nSPS) is 11.2. The molecule has 8 heteroatoms. The molecule has 2 aromatic carbocycles. The van der Waals surface area contributed by atoms with Crippen molar-refractivity contribution in [2.75, 3.05) is 11.9 Å². The molecule has 25 heavy (non-hydrogen) atoms. The average molecular weight is 383 g/mol. The fraction of sp³-hybridized carbons (Fsp3) is 0.118. The molecule has 0 aromatic heterocycles. The standard InChI is InChI=1S/C17H16ClFN2O3S/c1-3-8-20-25(23,24)16-9-12(5-7-14(16)18)17(22)21-13-6-4-11(2)15(19)10-13/h3-7,9-10,20H,1,8H2,2H3,(H,21,22). The van der Waals surface area contributed by atoms with Gasteiger partial charge in [0.15, 0.2) is 0 Å². The van der Waals surface area contributed by atoms with Crippen molar-refractivity contribution in [1.29, 1.82) is 0 Å². The van der Waals surface area contributed by atoms with Gasteiger partial charge in [-0.2, -0.15) is 0 Å². The second-order valence-electron chi connectivity index (χ2n) is 5.20. The van der Waals surface area contributed by atoms with Gasteiger partial charge in [-0.3, -0.25) is 4.79 Å². The van der Waals surface area contributed by atoms with E-state index < -0.39 is 21.7 Å². The topological polar surface area (TPSA) is 75.3 Å². The predicted octanol–water partition coefficient (Wildman–Crippen LogP) is 3.50. The van der Waals surface area contributed by atoms with E-state index in [2.05, 4.69) is 16.6 Å². The second kappa shape index (κ2) is 7.77. The summed E-state index contributed by atoms with van der Waals surface area (Å²) in [5, 5.41) is 2.50. The molecule has 5 nitrogen and oxygen atoms in total. The van der Waals surface area contributed by atoms with Crippen molar-refractivity contribution in [1.82, 2.24) is 4.72 Å². The summed E-state index contributed by atoms with van der Waals surface area (Å²) in [6.45, 7) is 5.06. The molecule has 0 fully saturated rings. The number of carbonyl (C=O) groups is 1. The number of hydrogen-bond donors (Lipinski definition) is 2. The Balaban J connectivity index is 2.30. The van der Waals surface area contributed by atoms with Crippen LogP contribution in [0.4, 0.5) is 10.1 Å². The summed E-state index contributed by atoms with van der Waals surface area (Å²) in [4.78, 5) is 12.1. The van der Waals surface area contributed by atoms with Gasteiger partial charge >= 0.3 is 0 Å². The summed E-state index contributed by atoms with van der Waals surface area (Å²) in [6.07, 6.45) is 1.38. The van der Waals surface area contributed by atoms with Crippen molar-refractivity contribution in [2.45, 2.75) is 11.8 Å². The molecule has 0 radical (unpaired) electrons. The highest BCUT2D eigenvalue weighted by Gasteiger charge is 2.19. The number of halogens is 2. The number of hydrogen-bond acceptors (Lipinski definition) is 3. The van der Waals surface area contributed by atoms with Crippen molar-refractivity contribution in [3.05, 3.63) is 71.0 Å². The smallest absolute Gasteiger partial charge is 0.255 e. The maximum absolute atomic E-state index is 13.6. The number of rotatable bonds is 6. The van der Waals surface area contributed by atoms with Crippen LogP contribution in [0.2, 0.25) is 5.02 Å². The van der Waals surface area contributed by atoms with Crippen molar-refractivity contribution in [2.24, 2.45) is 0 Å². The molecular weight excluding hydrogens is 367 g/mol. The first-order valence-electron chi connectivity index (χ1n) is 7.22. The van der Waals surface area contributed by atoms with Gasteiger partial charge in [-0.25, -0.2) is 17.5 Å². The Morgan fingerprint density at radius 1 is 1.28 bits per heavy atom. The van der Waals surface area contributed by atoms with Crippen LogP contribution in [0.25, 0.3) is 0 Å². The number of aryl methyl sites for hydroxylation is 1. The Kier molecular flexibility index (Phi) is 5.94. The van der Waals surface area contributed by atoms with Gasteiger partial charge in [0.05, 0.1) is 5.02 Å². The van der Waals surface area contributed by atoms with Crippen molar-refractivity contribution in [3.63, 3.8) is 0 Å². The minimum absolute atomic E-state index is 0.0190. The van der Waals surface area contributed by atoms with Gasteiger partial charge < -0.3 is 5.32 Å². The van der Waals surface area contributed by atoms with E-state index in [9.17, 15) is 17.6 Å². The predicted molar refractivity (Wildman–Crippen MR) is 95.9 cm³/mol. The molecule has 0 saturated carbocycles. The van der Waals surface area contributed by atoms with Crippen molar-refractivity contribution < 1.29 is 17.6 Å². The van der Waals surface area contributed by atoms with Crippen molar-refractivity contribution in [3.8, 4) is 0 Å². The van der Waals surface area contributed by atoms with Crippen LogP contribution in [-0.2, 0) is 10.0 Å². The van der Waals surface area contributed by atoms with E-state index in [0.717, 1.165) is 6.07 Å². The third kappa shape index (κ3) is 4.66. The molecule has 132 valence electrons. The zero-order valence-corrected chi connectivity index (χ0v) is 14.9. The number of amides is 1. The molecule has 0 aliphatic heterocycles. The number of nitrogens with one attached hydrogen (secondary N) is 2. The lowest BCUT2D eigenvalue weighted by Gasteiger charge is -2.10. The van der Waals surface area contributed by atoms with Crippen LogP contribution in [0.15, 0.2) is 53.9 Å². The van der Waals surface area contributed by atoms with Gasteiger partial charge in [-0.1, -0.05) is 23.7 Å². The summed E-state index contributed by atoms with van der Waals surface area (Å²) in [5.41, 5.74) is 0.785. The molecule has 0 aliphatic carbocycles. The Hall–Kier alpha value is -2.22. The van der Waals surface area contributed by atoms with Crippen LogP contribution >= 0.6 is 11.6 Å². The van der Waals surface area contributed by atoms with E-state index in [4.69, 9.17) is 11.6 Å². The van der Waals surface area contributed by atoms with Crippen molar-refractivity contribution >= 4 is 33.2 Å². The zero-order chi connectivity index (χ0) is 18.6. The molecular formula is C17H16ClFN2O3S. The minimum atomic E-state index is -3.89. The van der Waals surface area contributed by atoms with Gasteiger partial charge in [0.25, 0.3) is 5.91 Å². The summed E-state index contributed by atoms with van der Waals surface area (Å²) in [6, 6.07) is 8.13. The van der Waals surface area contributed by atoms with Gasteiger partial charge in [-0.15, -0.1) is 6.58 Å². The second-order valence-corrected chi connectivity index (χ2v) is 7.35. The van der Waals surface area contributed by atoms with E-state index in [1.807, 2.05) is 0 Å². The maximum atomic E-state index is 13.6. The van der Waals surface area contributed by atoms with Crippen LogP contribution in [0.3, 0.4) is 0 Å². The SMILES string of the molecule is C=CCNS(=O)(=O)c1cc(C(=O)Nc2ccc(C)c(F)c2)ccc1Cl. The van der Waals surface area contributed by atoms with Crippen LogP contribution in [0.1, 0.15) is 15.9 Å². The number of carbonyl (C=O) groups excluding carboxylic acids is 1. The van der Waals surface area contributed by atoms with Gasteiger partial charge in [-0.05, 0) is 42.8 Å².